The summed E-state index contributed by atoms with van der Waals surface area (Å²) in [6.45, 7) is 0. The maximum absolute atomic E-state index is 11.1. The van der Waals surface area contributed by atoms with Crippen LogP contribution in [0.15, 0.2) is 22.7 Å². The van der Waals surface area contributed by atoms with Crippen molar-refractivity contribution in [3.05, 3.63) is 28.2 Å². The van der Waals surface area contributed by atoms with Crippen LogP contribution >= 0.6 is 28.3 Å². The van der Waals surface area contributed by atoms with Crippen LogP contribution < -0.4 is 5.73 Å². The van der Waals surface area contributed by atoms with Gasteiger partial charge in [-0.2, -0.15) is 0 Å². The van der Waals surface area contributed by atoms with Crippen molar-refractivity contribution in [2.75, 3.05) is 7.11 Å². The minimum atomic E-state index is -0.675. The summed E-state index contributed by atoms with van der Waals surface area (Å²) in [5.41, 5.74) is 6.45. The Bertz CT molecular complexity index is 373. The number of aromatic hydroxyl groups is 1. The lowest BCUT2D eigenvalue weighted by atomic mass is 10.1. The van der Waals surface area contributed by atoms with Gasteiger partial charge in [-0.1, -0.05) is 6.07 Å². The molecule has 0 fully saturated rings. The van der Waals surface area contributed by atoms with E-state index in [1.54, 1.807) is 18.2 Å². The number of hydrogen-bond donors (Lipinski definition) is 2. The van der Waals surface area contributed by atoms with Gasteiger partial charge in [0, 0.05) is 0 Å². The predicted octanol–water partition coefficient (Wildman–Crippen LogP) is 1.62. The van der Waals surface area contributed by atoms with Gasteiger partial charge in [0.25, 0.3) is 0 Å². The van der Waals surface area contributed by atoms with Gasteiger partial charge in [-0.05, 0) is 40.0 Å². The number of phenols is 1. The Labute approximate surface area is 108 Å². The third-order valence-electron chi connectivity index (χ3n) is 1.97. The van der Waals surface area contributed by atoms with Gasteiger partial charge in [0.1, 0.15) is 11.8 Å². The number of ether oxygens (including phenoxy) is 1. The smallest absolute Gasteiger partial charge is 0.322 e. The molecule has 0 bridgehead atoms. The van der Waals surface area contributed by atoms with Gasteiger partial charge in [-0.15, -0.1) is 12.4 Å². The summed E-state index contributed by atoms with van der Waals surface area (Å²) >= 11 is 3.18. The lowest BCUT2D eigenvalue weighted by Gasteiger charge is -2.09. The Hall–Kier alpha value is -0.780. The molecule has 90 valence electrons. The van der Waals surface area contributed by atoms with E-state index in [9.17, 15) is 9.90 Å². The largest absolute Gasteiger partial charge is 0.507 e. The molecule has 1 aromatic carbocycles. The van der Waals surface area contributed by atoms with E-state index in [2.05, 4.69) is 20.7 Å². The quantitative estimate of drug-likeness (QED) is 0.832. The van der Waals surface area contributed by atoms with Gasteiger partial charge < -0.3 is 15.6 Å². The molecule has 1 atom stereocenters. The molecule has 0 aromatic heterocycles. The zero-order valence-corrected chi connectivity index (χ0v) is 11.0. The molecule has 0 heterocycles. The minimum absolute atomic E-state index is 0. The molecule has 0 saturated carbocycles. The number of halogens is 2. The molecular weight excluding hydrogens is 297 g/mol. The first-order valence-electron chi connectivity index (χ1n) is 4.35. The summed E-state index contributed by atoms with van der Waals surface area (Å²) in [5, 5.41) is 9.26. The number of nitrogens with two attached hydrogens (primary N) is 1. The van der Waals surface area contributed by atoms with Crippen molar-refractivity contribution in [3.63, 3.8) is 0 Å². The van der Waals surface area contributed by atoms with Crippen molar-refractivity contribution in [1.82, 2.24) is 0 Å². The highest BCUT2D eigenvalue weighted by atomic mass is 79.9. The van der Waals surface area contributed by atoms with Crippen LogP contribution in [-0.4, -0.2) is 24.2 Å². The highest BCUT2D eigenvalue weighted by Gasteiger charge is 2.14. The van der Waals surface area contributed by atoms with E-state index in [1.165, 1.54) is 7.11 Å². The van der Waals surface area contributed by atoms with Crippen LogP contribution in [0.4, 0.5) is 0 Å². The van der Waals surface area contributed by atoms with Crippen molar-refractivity contribution < 1.29 is 14.6 Å². The van der Waals surface area contributed by atoms with E-state index in [4.69, 9.17) is 5.73 Å². The minimum Gasteiger partial charge on any atom is -0.507 e. The van der Waals surface area contributed by atoms with E-state index >= 15 is 0 Å². The number of hydrogen-bond acceptors (Lipinski definition) is 4. The molecular formula is C10H13BrClNO3. The Morgan fingerprint density at radius 3 is 2.75 bits per heavy atom. The van der Waals surface area contributed by atoms with E-state index in [0.717, 1.165) is 5.56 Å². The third-order valence-corrected chi connectivity index (χ3v) is 2.61. The molecule has 1 aromatic rings. The third kappa shape index (κ3) is 4.00. The number of carbonyl (C=O) groups excluding carboxylic acids is 1. The van der Waals surface area contributed by atoms with Crippen molar-refractivity contribution in [2.24, 2.45) is 5.73 Å². The second-order valence-corrected chi connectivity index (χ2v) is 3.97. The van der Waals surface area contributed by atoms with Crippen LogP contribution in [-0.2, 0) is 16.0 Å². The normalized spacial score (nSPS) is 11.4. The number of esters is 1. The second kappa shape index (κ2) is 6.73. The van der Waals surface area contributed by atoms with Crippen LogP contribution in [0, 0.1) is 0 Å². The first-order valence-corrected chi connectivity index (χ1v) is 5.14. The van der Waals surface area contributed by atoms with Crippen LogP contribution in [0.3, 0.4) is 0 Å². The van der Waals surface area contributed by atoms with Gasteiger partial charge in [-0.3, -0.25) is 4.79 Å². The summed E-state index contributed by atoms with van der Waals surface area (Å²) in [7, 11) is 1.30. The molecule has 0 aliphatic rings. The molecule has 0 saturated heterocycles. The van der Waals surface area contributed by atoms with E-state index in [-0.39, 0.29) is 18.2 Å². The first-order chi connectivity index (χ1) is 7.04. The topological polar surface area (TPSA) is 72.5 Å². The average molecular weight is 311 g/mol. The summed E-state index contributed by atoms with van der Waals surface area (Å²) in [5.74, 6) is -0.287. The number of phenolic OH excluding ortho intramolecular Hbond substituents is 1. The highest BCUT2D eigenvalue weighted by Crippen LogP contribution is 2.24. The monoisotopic (exact) mass is 309 g/mol. The first kappa shape index (κ1) is 15.2. The van der Waals surface area contributed by atoms with Crippen molar-refractivity contribution in [1.29, 1.82) is 0 Å². The van der Waals surface area contributed by atoms with Gasteiger partial charge in [0.15, 0.2) is 0 Å². The van der Waals surface area contributed by atoms with Gasteiger partial charge in [0.05, 0.1) is 11.6 Å². The molecule has 0 amide bonds. The Kier molecular flexibility index (Phi) is 6.40. The number of rotatable bonds is 3. The molecule has 0 unspecified atom stereocenters. The summed E-state index contributed by atoms with van der Waals surface area (Å²) in [4.78, 5) is 11.1. The molecule has 3 N–H and O–H groups in total. The Morgan fingerprint density at radius 2 is 2.25 bits per heavy atom. The van der Waals surface area contributed by atoms with Crippen LogP contribution in [0.25, 0.3) is 0 Å². The van der Waals surface area contributed by atoms with Gasteiger partial charge in [-0.25, -0.2) is 0 Å². The summed E-state index contributed by atoms with van der Waals surface area (Å²) < 4.78 is 5.09. The molecule has 0 aliphatic carbocycles. The summed E-state index contributed by atoms with van der Waals surface area (Å²) in [6.07, 6.45) is 0.381. The lowest BCUT2D eigenvalue weighted by molar-refractivity contribution is -0.142. The summed E-state index contributed by atoms with van der Waals surface area (Å²) in [6, 6.07) is 4.30. The molecule has 1 rings (SSSR count). The lowest BCUT2D eigenvalue weighted by Crippen LogP contribution is -2.33. The molecule has 16 heavy (non-hydrogen) atoms. The number of carbonyl (C=O) groups is 1. The fraction of sp³-hybridized carbons (Fsp3) is 0.300. The molecule has 0 spiro atoms. The maximum Gasteiger partial charge on any atom is 0.322 e. The fourth-order valence-electron chi connectivity index (χ4n) is 1.17. The van der Waals surface area contributed by atoms with Gasteiger partial charge >= 0.3 is 5.97 Å². The Balaban J connectivity index is 0.00000225. The molecule has 4 nitrogen and oxygen atoms in total. The van der Waals surface area contributed by atoms with Gasteiger partial charge in [0.2, 0.25) is 0 Å². The van der Waals surface area contributed by atoms with Crippen LogP contribution in [0.2, 0.25) is 0 Å². The average Bonchev–Trinajstić information content (AvgIpc) is 2.22. The van der Waals surface area contributed by atoms with E-state index in [1.807, 2.05) is 0 Å². The molecule has 0 aliphatic heterocycles. The maximum atomic E-state index is 11.1. The van der Waals surface area contributed by atoms with Crippen molar-refractivity contribution in [3.8, 4) is 5.75 Å². The van der Waals surface area contributed by atoms with Crippen LogP contribution in [0.1, 0.15) is 5.56 Å². The fourth-order valence-corrected chi connectivity index (χ4v) is 1.59. The highest BCUT2D eigenvalue weighted by molar-refractivity contribution is 9.10. The van der Waals surface area contributed by atoms with Crippen molar-refractivity contribution in [2.45, 2.75) is 12.5 Å². The molecule has 6 heteroatoms. The number of methoxy groups -OCH3 is 1. The second-order valence-electron chi connectivity index (χ2n) is 3.12. The van der Waals surface area contributed by atoms with E-state index < -0.39 is 12.0 Å². The Morgan fingerprint density at radius 1 is 1.62 bits per heavy atom. The van der Waals surface area contributed by atoms with E-state index in [0.29, 0.717) is 10.9 Å². The zero-order valence-electron chi connectivity index (χ0n) is 8.64. The zero-order chi connectivity index (χ0) is 11.4. The van der Waals surface area contributed by atoms with Crippen molar-refractivity contribution >= 4 is 34.3 Å². The predicted molar refractivity (Wildman–Crippen MR) is 66.8 cm³/mol. The SMILES string of the molecule is COC(=O)[C@@H](N)Cc1ccc(O)c(Br)c1.Cl. The molecule has 0 radical (unpaired) electrons. The van der Waals surface area contributed by atoms with Crippen LogP contribution in [0.5, 0.6) is 5.75 Å². The standard InChI is InChI=1S/C10H12BrNO3.ClH/c1-15-10(14)8(12)5-6-2-3-9(13)7(11)4-6;/h2-4,8,13H,5,12H2,1H3;1H/t8-;/m0./s1. The number of benzene rings is 1.